The second kappa shape index (κ2) is 8.36. The van der Waals surface area contributed by atoms with Crippen LogP contribution in [0, 0.1) is 5.92 Å². The van der Waals surface area contributed by atoms with Crippen LogP contribution >= 0.6 is 12.2 Å². The minimum atomic E-state index is -0.455. The summed E-state index contributed by atoms with van der Waals surface area (Å²) in [6, 6.07) is 0. The zero-order chi connectivity index (χ0) is 15.9. The molecule has 1 fully saturated rings. The first kappa shape index (κ1) is 17.9. The van der Waals surface area contributed by atoms with E-state index in [1.807, 2.05) is 20.8 Å². The summed E-state index contributed by atoms with van der Waals surface area (Å²) < 4.78 is 17.3. The molecule has 0 aliphatic carbocycles. The van der Waals surface area contributed by atoms with Gasteiger partial charge in [0, 0.05) is 26.2 Å². The van der Waals surface area contributed by atoms with E-state index >= 15 is 0 Å². The number of thiocarbonyl (C=S) groups is 1. The highest BCUT2D eigenvalue weighted by atomic mass is 32.1. The Kier molecular flexibility index (Phi) is 7.14. The van der Waals surface area contributed by atoms with Crippen LogP contribution in [0.25, 0.3) is 0 Å². The molecule has 0 unspecified atom stereocenters. The predicted octanol–water partition coefficient (Wildman–Crippen LogP) is 2.07. The molecule has 0 atom stereocenters. The molecule has 0 spiro atoms. The molecule has 0 aromatic carbocycles. The van der Waals surface area contributed by atoms with E-state index in [0.29, 0.717) is 24.1 Å². The van der Waals surface area contributed by atoms with Gasteiger partial charge in [-0.3, -0.25) is 0 Å². The Balaban J connectivity index is 2.23. The normalized spacial score (nSPS) is 16.5. The lowest BCUT2D eigenvalue weighted by Crippen LogP contribution is -2.45. The van der Waals surface area contributed by atoms with Crippen molar-refractivity contribution in [2.24, 2.45) is 5.92 Å². The fourth-order valence-corrected chi connectivity index (χ4v) is 2.29. The SMILES string of the molecule is CC(C)(C)OC(=O)N1CCC(CNC(=S)NCCF)CC1. The standard InChI is InChI=1S/C14H26FN3O2S/c1-14(2,3)20-13(19)18-8-4-11(5-9-18)10-17-12(21)16-7-6-15/h11H,4-10H2,1-3H3,(H2,16,17,21). The molecular formula is C14H26FN3O2S. The maximum Gasteiger partial charge on any atom is 0.410 e. The van der Waals surface area contributed by atoms with Crippen molar-refractivity contribution >= 4 is 23.4 Å². The Morgan fingerprint density at radius 3 is 2.48 bits per heavy atom. The number of hydrogen-bond acceptors (Lipinski definition) is 3. The van der Waals surface area contributed by atoms with Crippen LogP contribution in [0.5, 0.6) is 0 Å². The van der Waals surface area contributed by atoms with Crippen LogP contribution in [0.15, 0.2) is 0 Å². The highest BCUT2D eigenvalue weighted by Crippen LogP contribution is 2.19. The Bertz CT molecular complexity index is 353. The fourth-order valence-electron chi connectivity index (χ4n) is 2.11. The van der Waals surface area contributed by atoms with Gasteiger partial charge in [-0.05, 0) is 51.7 Å². The summed E-state index contributed by atoms with van der Waals surface area (Å²) in [7, 11) is 0. The third-order valence-electron chi connectivity index (χ3n) is 3.20. The van der Waals surface area contributed by atoms with Gasteiger partial charge >= 0.3 is 6.09 Å². The number of amides is 1. The predicted molar refractivity (Wildman–Crippen MR) is 85.1 cm³/mol. The Morgan fingerprint density at radius 2 is 1.95 bits per heavy atom. The van der Waals surface area contributed by atoms with Gasteiger partial charge in [0.05, 0.1) is 0 Å². The highest BCUT2D eigenvalue weighted by Gasteiger charge is 2.26. The lowest BCUT2D eigenvalue weighted by Gasteiger charge is -2.33. The minimum Gasteiger partial charge on any atom is -0.444 e. The number of piperidine rings is 1. The number of carbonyl (C=O) groups is 1. The number of halogens is 1. The molecule has 7 heteroatoms. The van der Waals surface area contributed by atoms with Crippen molar-refractivity contribution in [1.82, 2.24) is 15.5 Å². The summed E-state index contributed by atoms with van der Waals surface area (Å²) in [4.78, 5) is 13.7. The second-order valence-corrected chi connectivity index (χ2v) is 6.64. The van der Waals surface area contributed by atoms with E-state index in [9.17, 15) is 9.18 Å². The number of carbonyl (C=O) groups excluding carboxylic acids is 1. The molecule has 1 rings (SSSR count). The summed E-state index contributed by atoms with van der Waals surface area (Å²) in [5.41, 5.74) is -0.455. The molecular weight excluding hydrogens is 293 g/mol. The Morgan fingerprint density at radius 1 is 1.33 bits per heavy atom. The maximum absolute atomic E-state index is 12.0. The molecule has 21 heavy (non-hydrogen) atoms. The molecule has 0 aromatic rings. The van der Waals surface area contributed by atoms with E-state index in [4.69, 9.17) is 17.0 Å². The summed E-state index contributed by atoms with van der Waals surface area (Å²) in [6.07, 6.45) is 1.59. The number of ether oxygens (including phenoxy) is 1. The number of hydrogen-bond donors (Lipinski definition) is 2. The number of alkyl halides is 1. The molecule has 2 N–H and O–H groups in total. The molecule has 0 bridgehead atoms. The molecule has 0 saturated carbocycles. The molecule has 122 valence electrons. The van der Waals surface area contributed by atoms with Crippen molar-refractivity contribution in [2.45, 2.75) is 39.2 Å². The molecule has 5 nitrogen and oxygen atoms in total. The van der Waals surface area contributed by atoms with Crippen LogP contribution in [0.1, 0.15) is 33.6 Å². The van der Waals surface area contributed by atoms with Crippen molar-refractivity contribution in [2.75, 3.05) is 32.9 Å². The highest BCUT2D eigenvalue weighted by molar-refractivity contribution is 7.80. The second-order valence-electron chi connectivity index (χ2n) is 6.24. The van der Waals surface area contributed by atoms with Crippen LogP contribution < -0.4 is 10.6 Å². The van der Waals surface area contributed by atoms with Crippen molar-refractivity contribution in [1.29, 1.82) is 0 Å². The van der Waals surface area contributed by atoms with E-state index in [-0.39, 0.29) is 12.6 Å². The molecule has 1 saturated heterocycles. The average molecular weight is 319 g/mol. The first-order valence-corrected chi connectivity index (χ1v) is 7.78. The van der Waals surface area contributed by atoms with Crippen molar-refractivity contribution in [3.05, 3.63) is 0 Å². The summed E-state index contributed by atoms with van der Waals surface area (Å²) in [5, 5.41) is 6.36. The van der Waals surface area contributed by atoms with Crippen molar-refractivity contribution in [3.63, 3.8) is 0 Å². The molecule has 0 radical (unpaired) electrons. The zero-order valence-electron chi connectivity index (χ0n) is 13.1. The third-order valence-corrected chi connectivity index (χ3v) is 3.49. The van der Waals surface area contributed by atoms with Gasteiger partial charge in [-0.1, -0.05) is 0 Å². The van der Waals surface area contributed by atoms with Gasteiger partial charge in [0.15, 0.2) is 5.11 Å². The van der Waals surface area contributed by atoms with Crippen LogP contribution in [0.4, 0.5) is 9.18 Å². The largest absolute Gasteiger partial charge is 0.444 e. The molecule has 0 aromatic heterocycles. The molecule has 1 amide bonds. The van der Waals surface area contributed by atoms with Crippen LogP contribution in [0.2, 0.25) is 0 Å². The third kappa shape index (κ3) is 7.45. The molecule has 1 aliphatic heterocycles. The summed E-state index contributed by atoms with van der Waals surface area (Å²) in [5.74, 6) is 0.466. The van der Waals surface area contributed by atoms with Crippen LogP contribution in [-0.2, 0) is 4.74 Å². The van der Waals surface area contributed by atoms with Gasteiger partial charge < -0.3 is 20.3 Å². The monoisotopic (exact) mass is 319 g/mol. The average Bonchev–Trinajstić information content (AvgIpc) is 2.41. The quantitative estimate of drug-likeness (QED) is 0.777. The smallest absolute Gasteiger partial charge is 0.410 e. The van der Waals surface area contributed by atoms with Gasteiger partial charge in [0.2, 0.25) is 0 Å². The van der Waals surface area contributed by atoms with Gasteiger partial charge in [-0.25, -0.2) is 9.18 Å². The van der Waals surface area contributed by atoms with E-state index in [2.05, 4.69) is 10.6 Å². The Labute approximate surface area is 131 Å². The van der Waals surface area contributed by atoms with Gasteiger partial charge in [-0.15, -0.1) is 0 Å². The first-order valence-electron chi connectivity index (χ1n) is 7.37. The topological polar surface area (TPSA) is 53.6 Å². The minimum absolute atomic E-state index is 0.239. The molecule has 1 aliphatic rings. The lowest BCUT2D eigenvalue weighted by atomic mass is 9.97. The van der Waals surface area contributed by atoms with Crippen molar-refractivity contribution in [3.8, 4) is 0 Å². The maximum atomic E-state index is 12.0. The van der Waals surface area contributed by atoms with Crippen molar-refractivity contribution < 1.29 is 13.9 Å². The van der Waals surface area contributed by atoms with Gasteiger partial charge in [-0.2, -0.15) is 0 Å². The molecule has 1 heterocycles. The summed E-state index contributed by atoms with van der Waals surface area (Å²) >= 11 is 5.04. The van der Waals surface area contributed by atoms with Crippen LogP contribution in [0.3, 0.4) is 0 Å². The van der Waals surface area contributed by atoms with E-state index in [0.717, 1.165) is 19.4 Å². The van der Waals surface area contributed by atoms with E-state index in [1.54, 1.807) is 4.90 Å². The Hall–Kier alpha value is -1.11. The number of rotatable bonds is 4. The van der Waals surface area contributed by atoms with E-state index < -0.39 is 12.3 Å². The summed E-state index contributed by atoms with van der Waals surface area (Å²) in [6.45, 7) is 7.56. The lowest BCUT2D eigenvalue weighted by molar-refractivity contribution is 0.0185. The first-order chi connectivity index (χ1) is 9.81. The fraction of sp³-hybridized carbons (Fsp3) is 0.857. The number of nitrogens with one attached hydrogen (secondary N) is 2. The number of nitrogens with zero attached hydrogens (tertiary/aromatic N) is 1. The van der Waals surface area contributed by atoms with Gasteiger partial charge in [0.1, 0.15) is 12.3 Å². The zero-order valence-corrected chi connectivity index (χ0v) is 13.9. The van der Waals surface area contributed by atoms with Gasteiger partial charge in [0.25, 0.3) is 0 Å². The number of likely N-dealkylation sites (tertiary alicyclic amines) is 1. The van der Waals surface area contributed by atoms with Crippen LogP contribution in [-0.4, -0.2) is 54.6 Å². The van der Waals surface area contributed by atoms with E-state index in [1.165, 1.54) is 0 Å².